The van der Waals surface area contributed by atoms with Crippen LogP contribution in [0.3, 0.4) is 0 Å². The highest BCUT2D eigenvalue weighted by Gasteiger charge is 2.62. The largest absolute Gasteiger partial charge is 0.384 e. The van der Waals surface area contributed by atoms with Gasteiger partial charge < -0.3 is 4.74 Å². The zero-order chi connectivity index (χ0) is 22.5. The van der Waals surface area contributed by atoms with Gasteiger partial charge in [-0.15, -0.1) is 0 Å². The normalized spacial score (nSPS) is 43.1. The molecule has 4 fully saturated rings. The number of nitriles is 1. The molecule has 0 amide bonds. The van der Waals surface area contributed by atoms with E-state index >= 15 is 0 Å². The predicted octanol–water partition coefficient (Wildman–Crippen LogP) is 5.25. The van der Waals surface area contributed by atoms with E-state index in [0.717, 1.165) is 36.7 Å². The Labute approximate surface area is 192 Å². The first-order chi connectivity index (χ1) is 15.4. The smallest absolute Gasteiger partial charge is 0.162 e. The molecule has 1 heterocycles. The second-order valence-corrected chi connectivity index (χ2v) is 11.8. The fourth-order valence-electron chi connectivity index (χ4n) is 9.12. The molecular weight excluding hydrogens is 398 g/mol. The van der Waals surface area contributed by atoms with Gasteiger partial charge in [-0.05, 0) is 97.9 Å². The topological polar surface area (TPSA) is 67.9 Å². The van der Waals surface area contributed by atoms with E-state index in [9.17, 15) is 4.79 Å². The molecule has 0 N–H and O–H groups in total. The average molecular weight is 438 g/mol. The van der Waals surface area contributed by atoms with Gasteiger partial charge in [0.2, 0.25) is 0 Å². The molecule has 0 saturated heterocycles. The molecule has 5 nitrogen and oxygen atoms in total. The Kier molecular flexibility index (Phi) is 5.73. The number of ketones is 1. The molecule has 0 aliphatic heterocycles. The molecule has 4 saturated carbocycles. The lowest BCUT2D eigenvalue weighted by Gasteiger charge is -2.61. The van der Waals surface area contributed by atoms with Crippen LogP contribution in [0.4, 0.5) is 0 Å². The van der Waals surface area contributed by atoms with Crippen molar-refractivity contribution in [1.82, 2.24) is 9.78 Å². The molecule has 174 valence electrons. The van der Waals surface area contributed by atoms with Crippen molar-refractivity contribution in [3.8, 4) is 6.07 Å². The van der Waals surface area contributed by atoms with E-state index in [1.165, 1.54) is 51.4 Å². The summed E-state index contributed by atoms with van der Waals surface area (Å²) in [6.45, 7) is 6.09. The number of rotatable bonds is 5. The molecule has 5 rings (SSSR count). The number of fused-ring (bicyclic) bond motifs is 5. The minimum atomic E-state index is 0.118. The highest BCUT2D eigenvalue weighted by Crippen LogP contribution is 2.68. The molecule has 0 radical (unpaired) electrons. The number of hydrogen-bond donors (Lipinski definition) is 0. The van der Waals surface area contributed by atoms with E-state index < -0.39 is 0 Å². The van der Waals surface area contributed by atoms with Gasteiger partial charge in [-0.2, -0.15) is 10.4 Å². The van der Waals surface area contributed by atoms with Crippen molar-refractivity contribution in [3.05, 3.63) is 18.0 Å². The molecule has 4 aliphatic rings. The Balaban J connectivity index is 1.36. The average Bonchev–Trinajstić information content (AvgIpc) is 3.37. The van der Waals surface area contributed by atoms with Crippen molar-refractivity contribution >= 4 is 5.78 Å². The second-order valence-electron chi connectivity index (χ2n) is 11.8. The lowest BCUT2D eigenvalue weighted by Crippen LogP contribution is -2.56. The van der Waals surface area contributed by atoms with Crippen LogP contribution in [-0.2, 0) is 16.1 Å². The van der Waals surface area contributed by atoms with Crippen LogP contribution >= 0.6 is 0 Å². The molecule has 0 aromatic carbocycles. The summed E-state index contributed by atoms with van der Waals surface area (Å²) in [6, 6.07) is 3.75. The molecular formula is C27H39N3O2. The molecule has 2 unspecified atom stereocenters. The van der Waals surface area contributed by atoms with Crippen LogP contribution in [0.2, 0.25) is 0 Å². The van der Waals surface area contributed by atoms with Crippen LogP contribution in [0.15, 0.2) is 12.3 Å². The SMILES string of the molecule is COC[C@]12CC[C@H](C)C[C@H]1CC[C@@H]1C2CC[C@@]2(C)C1CC[C@@H]2C(=O)Cn1ccc(C#N)n1. The van der Waals surface area contributed by atoms with Crippen LogP contribution in [0, 0.1) is 57.7 Å². The summed E-state index contributed by atoms with van der Waals surface area (Å²) in [5.41, 5.74) is 0.874. The number of carbonyl (C=O) groups excluding carboxylic acids is 1. The quantitative estimate of drug-likeness (QED) is 0.631. The molecule has 1 aromatic rings. The second kappa shape index (κ2) is 8.28. The maximum absolute atomic E-state index is 13.4. The maximum atomic E-state index is 13.4. The van der Waals surface area contributed by atoms with Gasteiger partial charge in [0.15, 0.2) is 11.5 Å². The highest BCUT2D eigenvalue weighted by atomic mass is 16.5. The third-order valence-corrected chi connectivity index (χ3v) is 10.5. The van der Waals surface area contributed by atoms with Crippen LogP contribution < -0.4 is 0 Å². The number of methoxy groups -OCH3 is 1. The number of nitrogens with zero attached hydrogens (tertiary/aromatic N) is 3. The van der Waals surface area contributed by atoms with Crippen molar-refractivity contribution in [2.24, 2.45) is 46.3 Å². The van der Waals surface area contributed by atoms with Gasteiger partial charge in [-0.25, -0.2) is 0 Å². The van der Waals surface area contributed by atoms with E-state index in [4.69, 9.17) is 10.00 Å². The first-order valence-electron chi connectivity index (χ1n) is 12.9. The Morgan fingerprint density at radius 3 is 2.81 bits per heavy atom. The lowest BCUT2D eigenvalue weighted by atomic mass is 9.44. The van der Waals surface area contributed by atoms with E-state index in [2.05, 4.69) is 25.0 Å². The number of aromatic nitrogens is 2. The maximum Gasteiger partial charge on any atom is 0.162 e. The fraction of sp³-hybridized carbons (Fsp3) is 0.815. The Morgan fingerprint density at radius 2 is 2.06 bits per heavy atom. The van der Waals surface area contributed by atoms with E-state index in [1.54, 1.807) is 16.9 Å². The fourth-order valence-corrected chi connectivity index (χ4v) is 9.12. The highest BCUT2D eigenvalue weighted by molar-refractivity contribution is 5.82. The Bertz CT molecular complexity index is 903. The van der Waals surface area contributed by atoms with E-state index in [-0.39, 0.29) is 11.3 Å². The number of hydrogen-bond acceptors (Lipinski definition) is 4. The Morgan fingerprint density at radius 1 is 1.22 bits per heavy atom. The van der Waals surface area contributed by atoms with Gasteiger partial charge in [0.05, 0.1) is 13.2 Å². The summed E-state index contributed by atoms with van der Waals surface area (Å²) in [5, 5.41) is 13.3. The van der Waals surface area contributed by atoms with Gasteiger partial charge in [-0.3, -0.25) is 9.48 Å². The first kappa shape index (κ1) is 22.1. The minimum absolute atomic E-state index is 0.118. The summed E-state index contributed by atoms with van der Waals surface area (Å²) in [5.74, 6) is 4.30. The minimum Gasteiger partial charge on any atom is -0.384 e. The third-order valence-electron chi connectivity index (χ3n) is 10.5. The van der Waals surface area contributed by atoms with Gasteiger partial charge in [0.25, 0.3) is 0 Å². The van der Waals surface area contributed by atoms with Crippen LogP contribution in [-0.4, -0.2) is 29.3 Å². The zero-order valence-electron chi connectivity index (χ0n) is 20.1. The number of ether oxygens (including phenoxy) is 1. The summed E-state index contributed by atoms with van der Waals surface area (Å²) in [4.78, 5) is 13.4. The molecule has 0 spiro atoms. The predicted molar refractivity (Wildman–Crippen MR) is 123 cm³/mol. The van der Waals surface area contributed by atoms with E-state index in [0.29, 0.717) is 29.4 Å². The van der Waals surface area contributed by atoms with Crippen molar-refractivity contribution in [2.45, 2.75) is 78.2 Å². The number of carbonyl (C=O) groups is 1. The summed E-state index contributed by atoms with van der Waals surface area (Å²) in [7, 11) is 1.90. The first-order valence-corrected chi connectivity index (χ1v) is 12.9. The summed E-state index contributed by atoms with van der Waals surface area (Å²) in [6.07, 6.45) is 13.2. The Hall–Kier alpha value is -1.67. The zero-order valence-corrected chi connectivity index (χ0v) is 20.1. The standard InChI is InChI=1S/C27H39N3O2/c1-18-8-12-27(17-32-3)19(14-18)4-5-21-22-6-7-24(26(22,2)11-9-23(21)27)25(31)16-30-13-10-20(15-28)29-30/h10,13,18-19,21-24H,4-9,11-12,14,16-17H2,1-3H3/t18-,19+,21-,22?,23?,24+,26-,27+/m0/s1. The van der Waals surface area contributed by atoms with Crippen molar-refractivity contribution in [1.29, 1.82) is 5.26 Å². The summed E-state index contributed by atoms with van der Waals surface area (Å²) < 4.78 is 7.57. The molecule has 5 heteroatoms. The van der Waals surface area contributed by atoms with Crippen LogP contribution in [0.5, 0.6) is 0 Å². The van der Waals surface area contributed by atoms with Crippen LogP contribution in [0.1, 0.15) is 77.3 Å². The molecule has 8 atom stereocenters. The van der Waals surface area contributed by atoms with Crippen molar-refractivity contribution in [2.75, 3.05) is 13.7 Å². The van der Waals surface area contributed by atoms with Gasteiger partial charge >= 0.3 is 0 Å². The number of Topliss-reactive ketones (excluding diaryl/α,β-unsaturated/α-hetero) is 1. The summed E-state index contributed by atoms with van der Waals surface area (Å²) >= 11 is 0. The third kappa shape index (κ3) is 3.36. The molecule has 4 aliphatic carbocycles. The molecule has 0 bridgehead atoms. The van der Waals surface area contributed by atoms with Crippen molar-refractivity contribution < 1.29 is 9.53 Å². The van der Waals surface area contributed by atoms with Gasteiger partial charge in [0.1, 0.15) is 6.07 Å². The lowest BCUT2D eigenvalue weighted by molar-refractivity contribution is -0.154. The van der Waals surface area contributed by atoms with E-state index in [1.807, 2.05) is 7.11 Å². The van der Waals surface area contributed by atoms with Crippen LogP contribution in [0.25, 0.3) is 0 Å². The monoisotopic (exact) mass is 437 g/mol. The van der Waals surface area contributed by atoms with Crippen molar-refractivity contribution in [3.63, 3.8) is 0 Å². The molecule has 32 heavy (non-hydrogen) atoms. The van der Waals surface area contributed by atoms with Gasteiger partial charge in [-0.1, -0.05) is 20.3 Å². The van der Waals surface area contributed by atoms with Gasteiger partial charge in [0, 0.05) is 19.2 Å². The molecule has 1 aromatic heterocycles.